The van der Waals surface area contributed by atoms with Crippen LogP contribution in [0, 0.1) is 0 Å². The third-order valence-electron chi connectivity index (χ3n) is 2.61. The zero-order valence-corrected chi connectivity index (χ0v) is 9.19. The number of carboxylic acid groups (broad SMARTS) is 1. The lowest BCUT2D eigenvalue weighted by Gasteiger charge is -2.04. The Kier molecular flexibility index (Phi) is 2.26. The molecule has 0 saturated heterocycles. The molecule has 6 nitrogen and oxygen atoms in total. The van der Waals surface area contributed by atoms with E-state index in [4.69, 9.17) is 5.11 Å². The second-order valence-corrected chi connectivity index (χ2v) is 3.69. The standard InChI is InChI=1S/C12H8N4O2/c17-12(18)8-5-6-13-7-11(8)16-10-4-2-1-3-9(10)14-15-16/h1-7H,(H,17,18). The average Bonchev–Trinajstić information content (AvgIpc) is 2.82. The summed E-state index contributed by atoms with van der Waals surface area (Å²) >= 11 is 0. The Balaban J connectivity index is 2.30. The molecule has 0 aliphatic rings. The van der Waals surface area contributed by atoms with Crippen molar-refractivity contribution in [2.24, 2.45) is 0 Å². The topological polar surface area (TPSA) is 80.9 Å². The number of aromatic carboxylic acids is 1. The van der Waals surface area contributed by atoms with Gasteiger partial charge >= 0.3 is 5.97 Å². The number of nitrogens with zero attached hydrogens (tertiary/aromatic N) is 4. The number of hydrogen-bond donors (Lipinski definition) is 1. The van der Waals surface area contributed by atoms with Crippen LogP contribution in [0.15, 0.2) is 42.7 Å². The summed E-state index contributed by atoms with van der Waals surface area (Å²) in [4.78, 5) is 15.1. The van der Waals surface area contributed by atoms with E-state index in [-0.39, 0.29) is 5.56 Å². The number of hydrogen-bond acceptors (Lipinski definition) is 4. The first-order valence-electron chi connectivity index (χ1n) is 5.25. The van der Waals surface area contributed by atoms with Gasteiger partial charge in [-0.3, -0.25) is 4.98 Å². The van der Waals surface area contributed by atoms with Gasteiger partial charge in [0.1, 0.15) is 5.52 Å². The van der Waals surface area contributed by atoms with E-state index >= 15 is 0 Å². The first kappa shape index (κ1) is 10.4. The fraction of sp³-hybridized carbons (Fsp3) is 0. The van der Waals surface area contributed by atoms with Gasteiger partial charge in [-0.05, 0) is 18.2 Å². The SMILES string of the molecule is O=C(O)c1ccncc1-n1nnc2ccccc21. The maximum atomic E-state index is 11.2. The zero-order valence-electron chi connectivity index (χ0n) is 9.19. The van der Waals surface area contributed by atoms with E-state index < -0.39 is 5.97 Å². The molecule has 18 heavy (non-hydrogen) atoms. The Bertz CT molecular complexity index is 736. The molecule has 88 valence electrons. The molecule has 6 heteroatoms. The number of carboxylic acids is 1. The normalized spacial score (nSPS) is 10.7. The van der Waals surface area contributed by atoms with Crippen molar-refractivity contribution in [3.63, 3.8) is 0 Å². The van der Waals surface area contributed by atoms with Crippen LogP contribution < -0.4 is 0 Å². The van der Waals surface area contributed by atoms with Gasteiger partial charge < -0.3 is 5.11 Å². The molecule has 0 aliphatic heterocycles. The fourth-order valence-corrected chi connectivity index (χ4v) is 1.78. The number of fused-ring (bicyclic) bond motifs is 1. The maximum absolute atomic E-state index is 11.2. The molecule has 0 fully saturated rings. The van der Waals surface area contributed by atoms with Crippen molar-refractivity contribution in [1.82, 2.24) is 20.0 Å². The van der Waals surface area contributed by atoms with Crippen LogP contribution in [-0.2, 0) is 0 Å². The van der Waals surface area contributed by atoms with Gasteiger partial charge in [0.2, 0.25) is 0 Å². The molecule has 0 radical (unpaired) electrons. The number of aromatic nitrogens is 4. The average molecular weight is 240 g/mol. The van der Waals surface area contributed by atoms with E-state index in [0.29, 0.717) is 11.2 Å². The van der Waals surface area contributed by atoms with Gasteiger partial charge in [-0.2, -0.15) is 0 Å². The highest BCUT2D eigenvalue weighted by Gasteiger charge is 2.14. The molecule has 0 unspecified atom stereocenters. The summed E-state index contributed by atoms with van der Waals surface area (Å²) in [7, 11) is 0. The van der Waals surface area contributed by atoms with Gasteiger partial charge in [-0.15, -0.1) is 5.10 Å². The fourth-order valence-electron chi connectivity index (χ4n) is 1.78. The first-order valence-corrected chi connectivity index (χ1v) is 5.25. The number of benzene rings is 1. The molecule has 2 heterocycles. The lowest BCUT2D eigenvalue weighted by Crippen LogP contribution is -2.07. The largest absolute Gasteiger partial charge is 0.478 e. The Morgan fingerprint density at radius 3 is 2.89 bits per heavy atom. The summed E-state index contributed by atoms with van der Waals surface area (Å²) in [5, 5.41) is 17.1. The van der Waals surface area contributed by atoms with Crippen molar-refractivity contribution >= 4 is 17.0 Å². The Morgan fingerprint density at radius 2 is 2.06 bits per heavy atom. The van der Waals surface area contributed by atoms with Crippen LogP contribution in [0.2, 0.25) is 0 Å². The molecular weight excluding hydrogens is 232 g/mol. The Labute approximate surface area is 102 Å². The van der Waals surface area contributed by atoms with Crippen LogP contribution in [0.25, 0.3) is 16.7 Å². The predicted octanol–water partition coefficient (Wildman–Crippen LogP) is 1.51. The van der Waals surface area contributed by atoms with Gasteiger partial charge in [0.25, 0.3) is 0 Å². The molecule has 2 aromatic heterocycles. The molecule has 0 spiro atoms. The highest BCUT2D eigenvalue weighted by Crippen LogP contribution is 2.18. The van der Waals surface area contributed by atoms with E-state index in [2.05, 4.69) is 15.3 Å². The van der Waals surface area contributed by atoms with Crippen molar-refractivity contribution < 1.29 is 9.90 Å². The van der Waals surface area contributed by atoms with Crippen molar-refractivity contribution in [2.75, 3.05) is 0 Å². The van der Waals surface area contributed by atoms with Gasteiger partial charge in [0.05, 0.1) is 23.0 Å². The molecule has 0 saturated carbocycles. The quantitative estimate of drug-likeness (QED) is 0.734. The third-order valence-corrected chi connectivity index (χ3v) is 2.61. The number of rotatable bonds is 2. The lowest BCUT2D eigenvalue weighted by molar-refractivity contribution is 0.0696. The van der Waals surface area contributed by atoms with Crippen molar-refractivity contribution in [1.29, 1.82) is 0 Å². The third kappa shape index (κ3) is 1.51. The van der Waals surface area contributed by atoms with E-state index in [1.165, 1.54) is 23.1 Å². The minimum absolute atomic E-state index is 0.139. The second kappa shape index (κ2) is 3.92. The number of carbonyl (C=O) groups is 1. The van der Waals surface area contributed by atoms with Crippen LogP contribution in [0.3, 0.4) is 0 Å². The van der Waals surface area contributed by atoms with Gasteiger partial charge in [-0.1, -0.05) is 17.3 Å². The molecule has 3 aromatic rings. The Morgan fingerprint density at radius 1 is 1.22 bits per heavy atom. The first-order chi connectivity index (χ1) is 8.77. The van der Waals surface area contributed by atoms with Gasteiger partial charge in [0, 0.05) is 6.20 Å². The lowest BCUT2D eigenvalue weighted by atomic mass is 10.2. The predicted molar refractivity (Wildman–Crippen MR) is 63.6 cm³/mol. The van der Waals surface area contributed by atoms with Crippen LogP contribution in [-0.4, -0.2) is 31.1 Å². The molecule has 1 aromatic carbocycles. The zero-order chi connectivity index (χ0) is 12.5. The van der Waals surface area contributed by atoms with Crippen LogP contribution >= 0.6 is 0 Å². The van der Waals surface area contributed by atoms with Crippen LogP contribution in [0.5, 0.6) is 0 Å². The maximum Gasteiger partial charge on any atom is 0.338 e. The summed E-state index contributed by atoms with van der Waals surface area (Å²) in [5.41, 5.74) is 1.99. The molecule has 0 aliphatic carbocycles. The van der Waals surface area contributed by atoms with Crippen molar-refractivity contribution in [3.05, 3.63) is 48.3 Å². The molecule has 0 atom stereocenters. The summed E-state index contributed by atoms with van der Waals surface area (Å²) in [6, 6.07) is 8.78. The monoisotopic (exact) mass is 240 g/mol. The van der Waals surface area contributed by atoms with Crippen molar-refractivity contribution in [2.45, 2.75) is 0 Å². The van der Waals surface area contributed by atoms with E-state index in [0.717, 1.165) is 5.52 Å². The second-order valence-electron chi connectivity index (χ2n) is 3.69. The highest BCUT2D eigenvalue weighted by molar-refractivity contribution is 5.92. The minimum Gasteiger partial charge on any atom is -0.478 e. The summed E-state index contributed by atoms with van der Waals surface area (Å²) in [6.07, 6.45) is 2.90. The summed E-state index contributed by atoms with van der Waals surface area (Å²) in [6.45, 7) is 0. The smallest absolute Gasteiger partial charge is 0.338 e. The number of para-hydroxylation sites is 1. The van der Waals surface area contributed by atoms with E-state index in [1.807, 2.05) is 24.3 Å². The highest BCUT2D eigenvalue weighted by atomic mass is 16.4. The molecule has 3 rings (SSSR count). The van der Waals surface area contributed by atoms with Gasteiger partial charge in [-0.25, -0.2) is 9.48 Å². The molecular formula is C12H8N4O2. The molecule has 1 N–H and O–H groups in total. The van der Waals surface area contributed by atoms with Crippen LogP contribution in [0.1, 0.15) is 10.4 Å². The van der Waals surface area contributed by atoms with E-state index in [9.17, 15) is 4.79 Å². The van der Waals surface area contributed by atoms with E-state index in [1.54, 1.807) is 0 Å². The molecule has 0 bridgehead atoms. The number of pyridine rings is 1. The van der Waals surface area contributed by atoms with Gasteiger partial charge in [0.15, 0.2) is 0 Å². The summed E-state index contributed by atoms with van der Waals surface area (Å²) < 4.78 is 1.48. The van der Waals surface area contributed by atoms with Crippen molar-refractivity contribution in [3.8, 4) is 5.69 Å². The Hall–Kier alpha value is -2.76. The van der Waals surface area contributed by atoms with Crippen LogP contribution in [0.4, 0.5) is 0 Å². The molecule has 0 amide bonds. The summed E-state index contributed by atoms with van der Waals surface area (Å²) in [5.74, 6) is -1.02. The minimum atomic E-state index is -1.02.